The molecule has 0 saturated carbocycles. The van der Waals surface area contributed by atoms with Crippen molar-refractivity contribution < 1.29 is 4.79 Å². The second-order valence-corrected chi connectivity index (χ2v) is 4.64. The molecule has 80 valence electrons. The van der Waals surface area contributed by atoms with Crippen molar-refractivity contribution in [3.63, 3.8) is 0 Å². The van der Waals surface area contributed by atoms with Gasteiger partial charge in [-0.1, -0.05) is 6.08 Å². The van der Waals surface area contributed by atoms with Crippen LogP contribution in [0.2, 0.25) is 0 Å². The molecule has 1 aliphatic rings. The van der Waals surface area contributed by atoms with Crippen molar-refractivity contribution in [2.75, 3.05) is 31.6 Å². The SMILES string of the molecule is C=CCN(C)C(=O)CC1CSCCN1. The molecule has 1 fully saturated rings. The summed E-state index contributed by atoms with van der Waals surface area (Å²) in [5.74, 6) is 2.41. The summed E-state index contributed by atoms with van der Waals surface area (Å²) in [5.41, 5.74) is 0. The van der Waals surface area contributed by atoms with Gasteiger partial charge in [0.2, 0.25) is 5.91 Å². The summed E-state index contributed by atoms with van der Waals surface area (Å²) in [5, 5.41) is 3.35. The molecule has 0 aromatic carbocycles. The molecule has 0 aromatic heterocycles. The molecule has 1 saturated heterocycles. The number of rotatable bonds is 4. The van der Waals surface area contributed by atoms with Crippen molar-refractivity contribution in [2.24, 2.45) is 0 Å². The van der Waals surface area contributed by atoms with Crippen LogP contribution in [0.5, 0.6) is 0 Å². The lowest BCUT2D eigenvalue weighted by Crippen LogP contribution is -2.41. The second kappa shape index (κ2) is 6.09. The van der Waals surface area contributed by atoms with Crippen LogP contribution >= 0.6 is 11.8 Å². The standard InChI is InChI=1S/C10H18N2OS/c1-3-5-12(2)10(13)7-9-8-14-6-4-11-9/h3,9,11H,1,4-8H2,2H3. The van der Waals surface area contributed by atoms with E-state index in [0.717, 1.165) is 18.1 Å². The average Bonchev–Trinajstić information content (AvgIpc) is 2.19. The number of amides is 1. The van der Waals surface area contributed by atoms with Crippen molar-refractivity contribution >= 4 is 17.7 Å². The first kappa shape index (κ1) is 11.6. The zero-order chi connectivity index (χ0) is 10.4. The largest absolute Gasteiger partial charge is 0.342 e. The van der Waals surface area contributed by atoms with E-state index in [4.69, 9.17) is 0 Å². The van der Waals surface area contributed by atoms with E-state index in [1.807, 2.05) is 18.8 Å². The second-order valence-electron chi connectivity index (χ2n) is 3.49. The highest BCUT2D eigenvalue weighted by Gasteiger charge is 2.18. The van der Waals surface area contributed by atoms with Gasteiger partial charge in [-0.05, 0) is 0 Å². The summed E-state index contributed by atoms with van der Waals surface area (Å²) in [6.45, 7) is 5.28. The Hall–Kier alpha value is -0.480. The highest BCUT2D eigenvalue weighted by molar-refractivity contribution is 7.99. The van der Waals surface area contributed by atoms with Gasteiger partial charge in [0.25, 0.3) is 0 Å². The molecular formula is C10H18N2OS. The van der Waals surface area contributed by atoms with Crippen molar-refractivity contribution in [3.8, 4) is 0 Å². The van der Waals surface area contributed by atoms with Crippen molar-refractivity contribution in [1.82, 2.24) is 10.2 Å². The quantitative estimate of drug-likeness (QED) is 0.700. The Bertz CT molecular complexity index is 202. The molecule has 14 heavy (non-hydrogen) atoms. The number of hydrogen-bond donors (Lipinski definition) is 1. The minimum absolute atomic E-state index is 0.199. The first-order chi connectivity index (χ1) is 6.74. The number of nitrogens with one attached hydrogen (secondary N) is 1. The monoisotopic (exact) mass is 214 g/mol. The van der Waals surface area contributed by atoms with Gasteiger partial charge in [0, 0.05) is 44.1 Å². The molecule has 0 aliphatic carbocycles. The average molecular weight is 214 g/mol. The maximum atomic E-state index is 11.6. The number of hydrogen-bond acceptors (Lipinski definition) is 3. The molecule has 1 aliphatic heterocycles. The summed E-state index contributed by atoms with van der Waals surface area (Å²) >= 11 is 1.92. The Kier molecular flexibility index (Phi) is 5.04. The van der Waals surface area contributed by atoms with Crippen molar-refractivity contribution in [1.29, 1.82) is 0 Å². The summed E-state index contributed by atoms with van der Waals surface area (Å²) < 4.78 is 0. The minimum Gasteiger partial charge on any atom is -0.342 e. The van der Waals surface area contributed by atoms with Gasteiger partial charge in [0.1, 0.15) is 0 Å². The Morgan fingerprint density at radius 3 is 3.14 bits per heavy atom. The van der Waals surface area contributed by atoms with Crippen LogP contribution in [0.15, 0.2) is 12.7 Å². The van der Waals surface area contributed by atoms with Gasteiger partial charge in [0.15, 0.2) is 0 Å². The van der Waals surface area contributed by atoms with Crippen LogP contribution in [0, 0.1) is 0 Å². The lowest BCUT2D eigenvalue weighted by Gasteiger charge is -2.24. The van der Waals surface area contributed by atoms with Gasteiger partial charge in [-0.3, -0.25) is 4.79 Å². The maximum Gasteiger partial charge on any atom is 0.224 e. The smallest absolute Gasteiger partial charge is 0.224 e. The number of likely N-dealkylation sites (N-methyl/N-ethyl adjacent to an activating group) is 1. The molecule has 1 amide bonds. The molecule has 1 heterocycles. The molecule has 1 rings (SSSR count). The first-order valence-electron chi connectivity index (χ1n) is 4.90. The Morgan fingerprint density at radius 2 is 2.57 bits per heavy atom. The Morgan fingerprint density at radius 1 is 1.79 bits per heavy atom. The predicted molar refractivity (Wildman–Crippen MR) is 61.6 cm³/mol. The minimum atomic E-state index is 0.199. The lowest BCUT2D eigenvalue weighted by molar-refractivity contribution is -0.129. The number of carbonyl (C=O) groups is 1. The fraction of sp³-hybridized carbons (Fsp3) is 0.700. The van der Waals surface area contributed by atoms with E-state index in [0.29, 0.717) is 19.0 Å². The van der Waals surface area contributed by atoms with E-state index >= 15 is 0 Å². The van der Waals surface area contributed by atoms with Gasteiger partial charge in [-0.15, -0.1) is 6.58 Å². The normalized spacial score (nSPS) is 21.6. The topological polar surface area (TPSA) is 32.3 Å². The molecule has 0 bridgehead atoms. The maximum absolute atomic E-state index is 11.6. The van der Waals surface area contributed by atoms with Crippen LogP contribution in [0.25, 0.3) is 0 Å². The summed E-state index contributed by atoms with van der Waals surface area (Å²) in [6, 6.07) is 0.355. The van der Waals surface area contributed by atoms with Crippen LogP contribution < -0.4 is 5.32 Å². The summed E-state index contributed by atoms with van der Waals surface area (Å²) in [4.78, 5) is 13.3. The fourth-order valence-corrected chi connectivity index (χ4v) is 2.36. The van der Waals surface area contributed by atoms with E-state index in [1.54, 1.807) is 11.0 Å². The highest BCUT2D eigenvalue weighted by Crippen LogP contribution is 2.10. The third-order valence-corrected chi connectivity index (χ3v) is 3.38. The summed E-state index contributed by atoms with van der Waals surface area (Å²) in [6.07, 6.45) is 2.36. The lowest BCUT2D eigenvalue weighted by atomic mass is 10.2. The molecule has 0 aromatic rings. The fourth-order valence-electron chi connectivity index (χ4n) is 1.41. The highest BCUT2D eigenvalue weighted by atomic mass is 32.2. The molecule has 4 heteroatoms. The predicted octanol–water partition coefficient (Wildman–Crippen LogP) is 0.726. The Labute approximate surface area is 89.9 Å². The molecule has 0 radical (unpaired) electrons. The molecule has 3 nitrogen and oxygen atoms in total. The van der Waals surface area contributed by atoms with Gasteiger partial charge in [0.05, 0.1) is 0 Å². The van der Waals surface area contributed by atoms with E-state index in [-0.39, 0.29) is 5.91 Å². The Balaban J connectivity index is 2.27. The zero-order valence-electron chi connectivity index (χ0n) is 8.66. The van der Waals surface area contributed by atoms with Gasteiger partial charge >= 0.3 is 0 Å². The van der Waals surface area contributed by atoms with Gasteiger partial charge in [-0.25, -0.2) is 0 Å². The van der Waals surface area contributed by atoms with Crippen LogP contribution in [0.3, 0.4) is 0 Å². The zero-order valence-corrected chi connectivity index (χ0v) is 9.48. The van der Waals surface area contributed by atoms with Crippen LogP contribution in [-0.4, -0.2) is 48.5 Å². The van der Waals surface area contributed by atoms with Gasteiger partial charge in [-0.2, -0.15) is 11.8 Å². The first-order valence-corrected chi connectivity index (χ1v) is 6.05. The summed E-state index contributed by atoms with van der Waals surface area (Å²) in [7, 11) is 1.82. The van der Waals surface area contributed by atoms with E-state index in [2.05, 4.69) is 11.9 Å². The number of carbonyl (C=O) groups excluding carboxylic acids is 1. The molecule has 1 unspecified atom stereocenters. The molecule has 1 N–H and O–H groups in total. The van der Waals surface area contributed by atoms with Crippen LogP contribution in [0.1, 0.15) is 6.42 Å². The van der Waals surface area contributed by atoms with Crippen molar-refractivity contribution in [3.05, 3.63) is 12.7 Å². The number of thioether (sulfide) groups is 1. The van der Waals surface area contributed by atoms with E-state index < -0.39 is 0 Å². The third-order valence-electron chi connectivity index (χ3n) is 2.25. The molecular weight excluding hydrogens is 196 g/mol. The molecule has 1 atom stereocenters. The van der Waals surface area contributed by atoms with Crippen molar-refractivity contribution in [2.45, 2.75) is 12.5 Å². The molecule has 0 spiro atoms. The number of nitrogens with zero attached hydrogens (tertiary/aromatic N) is 1. The van der Waals surface area contributed by atoms with Gasteiger partial charge < -0.3 is 10.2 Å². The van der Waals surface area contributed by atoms with E-state index in [1.165, 1.54) is 0 Å². The van der Waals surface area contributed by atoms with E-state index in [9.17, 15) is 4.79 Å². The van der Waals surface area contributed by atoms with Crippen LogP contribution in [0.4, 0.5) is 0 Å². The third kappa shape index (κ3) is 3.72. The van der Waals surface area contributed by atoms with Crippen LogP contribution in [-0.2, 0) is 4.79 Å².